The monoisotopic (exact) mass is 967 g/mol. The molecular formula is C67H62BN3OS. The number of furan rings is 1. The summed E-state index contributed by atoms with van der Waals surface area (Å²) in [5.74, 6) is 0. The number of thiophene rings is 1. The lowest BCUT2D eigenvalue weighted by atomic mass is 9.36. The molecule has 360 valence electrons. The first-order valence-corrected chi connectivity index (χ1v) is 27.1. The number of nitrogens with zero attached hydrogens (tertiary/aromatic N) is 3. The van der Waals surface area contributed by atoms with Crippen molar-refractivity contribution in [2.75, 3.05) is 14.7 Å². The van der Waals surface area contributed by atoms with Crippen LogP contribution < -0.4 is 30.4 Å². The van der Waals surface area contributed by atoms with E-state index >= 15 is 0 Å². The van der Waals surface area contributed by atoms with Crippen molar-refractivity contribution >= 4 is 107 Å². The molecule has 8 aromatic carbocycles. The molecule has 1 aliphatic carbocycles. The van der Waals surface area contributed by atoms with Gasteiger partial charge in [-0.2, -0.15) is 11.3 Å². The molecule has 0 bridgehead atoms. The van der Waals surface area contributed by atoms with Crippen molar-refractivity contribution < 1.29 is 4.42 Å². The van der Waals surface area contributed by atoms with Gasteiger partial charge in [0.2, 0.25) is 0 Å². The van der Waals surface area contributed by atoms with Gasteiger partial charge in [0.05, 0.1) is 11.4 Å². The van der Waals surface area contributed by atoms with Gasteiger partial charge in [-0.3, -0.25) is 0 Å². The zero-order chi connectivity index (χ0) is 50.1. The van der Waals surface area contributed by atoms with Crippen molar-refractivity contribution in [1.29, 1.82) is 0 Å². The summed E-state index contributed by atoms with van der Waals surface area (Å²) in [6.07, 6.45) is 3.46. The van der Waals surface area contributed by atoms with E-state index in [4.69, 9.17) is 4.42 Å². The lowest BCUT2D eigenvalue weighted by Crippen LogP contribution is -2.60. The maximum absolute atomic E-state index is 6.87. The summed E-state index contributed by atoms with van der Waals surface area (Å²) in [7, 11) is 0. The highest BCUT2D eigenvalue weighted by atomic mass is 32.1. The minimum absolute atomic E-state index is 0.00307. The van der Waals surface area contributed by atoms with Crippen molar-refractivity contribution in [2.45, 2.75) is 97.8 Å². The van der Waals surface area contributed by atoms with Gasteiger partial charge >= 0.3 is 0 Å². The number of anilines is 9. The summed E-state index contributed by atoms with van der Waals surface area (Å²) < 4.78 is 8.32. The molecule has 0 unspecified atom stereocenters. The van der Waals surface area contributed by atoms with E-state index < -0.39 is 0 Å². The SMILES string of the molecule is CC(C)(C)c1ccc(N(c2ccc3c(c2)N(c2ccccc2)c2cc(C(C)(C)C)cc4c2B3c2sc3c(c2N4c2ccccc2)CCC3)c2ccc(C(C)(C)C)cc2-c2cccc3c2oc2ccccc23)cc1. The maximum atomic E-state index is 6.87. The first-order chi connectivity index (χ1) is 35.1. The maximum Gasteiger partial charge on any atom is 0.264 e. The van der Waals surface area contributed by atoms with E-state index in [1.54, 1.807) is 4.88 Å². The number of hydrogen-bond donors (Lipinski definition) is 0. The number of fused-ring (bicyclic) bond motifs is 9. The number of hydrogen-bond acceptors (Lipinski definition) is 5. The fraction of sp³-hybridized carbons (Fsp3) is 0.224. The zero-order valence-electron chi connectivity index (χ0n) is 43.6. The number of para-hydroxylation sites is 4. The van der Waals surface area contributed by atoms with Gasteiger partial charge in [0.15, 0.2) is 0 Å². The van der Waals surface area contributed by atoms with Crippen LogP contribution in [0.3, 0.4) is 0 Å². The molecule has 0 spiro atoms. The van der Waals surface area contributed by atoms with E-state index in [1.165, 1.54) is 72.8 Å². The Hall–Kier alpha value is -7.28. The zero-order valence-corrected chi connectivity index (χ0v) is 44.4. The van der Waals surface area contributed by atoms with Crippen LogP contribution in [-0.2, 0) is 29.1 Å². The van der Waals surface area contributed by atoms with Crippen molar-refractivity contribution in [1.82, 2.24) is 0 Å². The van der Waals surface area contributed by atoms with Gasteiger partial charge in [-0.05, 0) is 148 Å². The molecule has 2 aliphatic heterocycles. The van der Waals surface area contributed by atoms with Crippen LogP contribution in [0.15, 0.2) is 180 Å². The quantitative estimate of drug-likeness (QED) is 0.155. The Kier molecular flexibility index (Phi) is 10.4. The Morgan fingerprint density at radius 2 is 1.12 bits per heavy atom. The normalized spacial score (nSPS) is 14.1. The summed E-state index contributed by atoms with van der Waals surface area (Å²) in [6, 6.07) is 66.2. The Bertz CT molecular complexity index is 3790. The number of rotatable bonds is 6. The summed E-state index contributed by atoms with van der Waals surface area (Å²) in [4.78, 5) is 9.28. The molecule has 0 fully saturated rings. The summed E-state index contributed by atoms with van der Waals surface area (Å²) in [5.41, 5.74) is 22.7. The average Bonchev–Trinajstić information content (AvgIpc) is 4.11. The molecule has 4 heterocycles. The predicted molar refractivity (Wildman–Crippen MR) is 314 cm³/mol. The van der Waals surface area contributed by atoms with Gasteiger partial charge in [-0.1, -0.05) is 159 Å². The lowest BCUT2D eigenvalue weighted by Gasteiger charge is -2.44. The summed E-state index contributed by atoms with van der Waals surface area (Å²) in [6.45, 7) is 21.0. The molecule has 6 heteroatoms. The Balaban J connectivity index is 1.10. The highest BCUT2D eigenvalue weighted by Gasteiger charge is 2.47. The fourth-order valence-corrected chi connectivity index (χ4v) is 13.5. The topological polar surface area (TPSA) is 22.9 Å². The van der Waals surface area contributed by atoms with Crippen LogP contribution in [0.25, 0.3) is 33.1 Å². The van der Waals surface area contributed by atoms with Gasteiger partial charge < -0.3 is 19.1 Å². The molecule has 0 amide bonds. The van der Waals surface area contributed by atoms with Gasteiger partial charge in [0, 0.05) is 71.4 Å². The van der Waals surface area contributed by atoms with Crippen LogP contribution >= 0.6 is 11.3 Å². The minimum atomic E-state index is -0.112. The van der Waals surface area contributed by atoms with E-state index in [0.717, 1.165) is 68.7 Å². The molecule has 13 rings (SSSR count). The largest absolute Gasteiger partial charge is 0.455 e. The Morgan fingerprint density at radius 3 is 1.82 bits per heavy atom. The van der Waals surface area contributed by atoms with E-state index in [0.29, 0.717) is 0 Å². The molecule has 0 saturated heterocycles. The van der Waals surface area contributed by atoms with Crippen molar-refractivity contribution in [3.8, 4) is 11.1 Å². The Labute approximate surface area is 435 Å². The van der Waals surface area contributed by atoms with E-state index in [2.05, 4.69) is 264 Å². The number of aryl methyl sites for hydroxylation is 1. The van der Waals surface area contributed by atoms with Crippen LogP contribution in [0.5, 0.6) is 0 Å². The van der Waals surface area contributed by atoms with Crippen molar-refractivity contribution in [2.24, 2.45) is 0 Å². The van der Waals surface area contributed by atoms with Crippen LogP contribution in [0.1, 0.15) is 95.9 Å². The molecule has 0 atom stereocenters. The lowest BCUT2D eigenvalue weighted by molar-refractivity contribution is 0.590. The number of benzene rings is 8. The predicted octanol–water partition coefficient (Wildman–Crippen LogP) is 17.2. The second-order valence-electron chi connectivity index (χ2n) is 23.7. The van der Waals surface area contributed by atoms with Gasteiger partial charge in [-0.15, -0.1) is 0 Å². The van der Waals surface area contributed by atoms with Crippen LogP contribution in [0.2, 0.25) is 0 Å². The van der Waals surface area contributed by atoms with Crippen LogP contribution in [0.4, 0.5) is 51.2 Å². The van der Waals surface area contributed by atoms with E-state index in [9.17, 15) is 0 Å². The first-order valence-electron chi connectivity index (χ1n) is 26.2. The third-order valence-corrected chi connectivity index (χ3v) is 17.2. The van der Waals surface area contributed by atoms with Crippen molar-refractivity contribution in [3.63, 3.8) is 0 Å². The second kappa shape index (κ2) is 16.6. The summed E-state index contributed by atoms with van der Waals surface area (Å²) >= 11 is 2.07. The summed E-state index contributed by atoms with van der Waals surface area (Å²) in [5, 5.41) is 2.25. The minimum Gasteiger partial charge on any atom is -0.455 e. The first kappa shape index (κ1) is 45.6. The fourth-order valence-electron chi connectivity index (χ4n) is 12.0. The standard InChI is InChI=1S/C67H62BN3OS/c1-65(2,3)42-30-33-47(34-31-42)69(55-37-32-43(66(4,5)6)38-53(55)51-26-18-25-50-49-24-16-17-28-59(49)72-63(50)51)48-35-36-54-56(41-48)70(45-20-12-10-13-21-45)57-39-44(67(7,8)9)40-58-61(57)68(54)64-62(52-27-19-29-60(52)73-64)71(58)46-22-14-11-15-23-46/h10-18,20-26,28,30-41H,19,27,29H2,1-9H3. The van der Waals surface area contributed by atoms with E-state index in [-0.39, 0.29) is 23.0 Å². The second-order valence-corrected chi connectivity index (χ2v) is 24.8. The van der Waals surface area contributed by atoms with Crippen LogP contribution in [-0.4, -0.2) is 6.71 Å². The molecular weight excluding hydrogens is 906 g/mol. The van der Waals surface area contributed by atoms with Crippen molar-refractivity contribution in [3.05, 3.63) is 203 Å². The third kappa shape index (κ3) is 7.38. The molecule has 0 N–H and O–H groups in total. The molecule has 0 saturated carbocycles. The van der Waals surface area contributed by atoms with Gasteiger partial charge in [0.25, 0.3) is 6.71 Å². The molecule has 73 heavy (non-hydrogen) atoms. The molecule has 10 aromatic rings. The van der Waals surface area contributed by atoms with Gasteiger partial charge in [-0.25, -0.2) is 0 Å². The highest BCUT2D eigenvalue weighted by molar-refractivity contribution is 7.29. The molecule has 0 radical (unpaired) electrons. The molecule has 2 aromatic heterocycles. The molecule has 4 nitrogen and oxygen atoms in total. The third-order valence-electron chi connectivity index (χ3n) is 15.8. The molecule has 3 aliphatic rings. The Morgan fingerprint density at radius 1 is 0.507 bits per heavy atom. The van der Waals surface area contributed by atoms with E-state index in [1.807, 2.05) is 0 Å². The average molecular weight is 968 g/mol. The van der Waals surface area contributed by atoms with Crippen LogP contribution in [0, 0.1) is 0 Å². The highest BCUT2D eigenvalue weighted by Crippen LogP contribution is 2.52. The van der Waals surface area contributed by atoms with Gasteiger partial charge in [0.1, 0.15) is 11.2 Å². The smallest absolute Gasteiger partial charge is 0.264 e.